The van der Waals surface area contributed by atoms with Gasteiger partial charge in [-0.3, -0.25) is 9.79 Å². The van der Waals surface area contributed by atoms with Crippen LogP contribution in [0.2, 0.25) is 15.2 Å². The molecular weight excluding hydrogens is 461 g/mol. The van der Waals surface area contributed by atoms with Gasteiger partial charge < -0.3 is 5.32 Å². The Morgan fingerprint density at radius 1 is 1.13 bits per heavy atom. The minimum absolute atomic E-state index is 0.125. The molecule has 1 heterocycles. The molecule has 154 valence electrons. The number of aromatic nitrogens is 1. The normalized spacial score (nSPS) is 12.1. The van der Waals surface area contributed by atoms with Crippen molar-refractivity contribution >= 4 is 70.1 Å². The molecular formula is C22H18Cl3N3OS. The van der Waals surface area contributed by atoms with Crippen LogP contribution in [0.25, 0.3) is 0 Å². The van der Waals surface area contributed by atoms with E-state index in [1.807, 2.05) is 37.3 Å². The van der Waals surface area contributed by atoms with Crippen molar-refractivity contribution in [3.05, 3.63) is 81.6 Å². The van der Waals surface area contributed by atoms with Crippen LogP contribution in [0.5, 0.6) is 0 Å². The third-order valence-electron chi connectivity index (χ3n) is 4.13. The lowest BCUT2D eigenvalue weighted by Gasteiger charge is -2.16. The summed E-state index contributed by atoms with van der Waals surface area (Å²) in [6, 6.07) is 16.5. The number of halogens is 3. The molecule has 8 heteroatoms. The molecule has 1 N–H and O–H groups in total. The molecule has 2 aromatic carbocycles. The van der Waals surface area contributed by atoms with E-state index < -0.39 is 0 Å². The summed E-state index contributed by atoms with van der Waals surface area (Å²) >= 11 is 19.7. The number of thioether (sulfide) groups is 1. The zero-order valence-corrected chi connectivity index (χ0v) is 19.1. The van der Waals surface area contributed by atoms with Crippen LogP contribution in [0, 0.1) is 0 Å². The van der Waals surface area contributed by atoms with Crippen LogP contribution in [0.4, 0.5) is 11.4 Å². The second-order valence-corrected chi connectivity index (χ2v) is 8.66. The maximum atomic E-state index is 12.7. The smallest absolute Gasteiger partial charge is 0.237 e. The minimum Gasteiger partial charge on any atom is -0.324 e. The first kappa shape index (κ1) is 22.6. The summed E-state index contributed by atoms with van der Waals surface area (Å²) < 4.78 is 0. The third kappa shape index (κ3) is 5.99. The monoisotopic (exact) mass is 477 g/mol. The molecule has 1 aromatic heterocycles. The molecule has 1 unspecified atom stereocenters. The van der Waals surface area contributed by atoms with Crippen molar-refractivity contribution in [2.75, 3.05) is 5.32 Å². The highest BCUT2D eigenvalue weighted by atomic mass is 35.5. The van der Waals surface area contributed by atoms with Gasteiger partial charge in [0.25, 0.3) is 0 Å². The van der Waals surface area contributed by atoms with Crippen LogP contribution in [-0.4, -0.2) is 22.4 Å². The number of carbonyl (C=O) groups excluding carboxylic acids is 1. The molecule has 0 spiro atoms. The highest BCUT2D eigenvalue weighted by molar-refractivity contribution is 8.00. The molecule has 0 aliphatic carbocycles. The van der Waals surface area contributed by atoms with Crippen LogP contribution < -0.4 is 5.32 Å². The van der Waals surface area contributed by atoms with Crippen molar-refractivity contribution in [3.8, 4) is 0 Å². The molecule has 1 atom stereocenters. The maximum absolute atomic E-state index is 12.7. The number of pyridine rings is 1. The van der Waals surface area contributed by atoms with E-state index in [9.17, 15) is 4.79 Å². The highest BCUT2D eigenvalue weighted by Crippen LogP contribution is 2.32. The molecule has 0 saturated carbocycles. The van der Waals surface area contributed by atoms with Crippen molar-refractivity contribution < 1.29 is 4.79 Å². The number of rotatable bonds is 7. The van der Waals surface area contributed by atoms with Crippen molar-refractivity contribution in [1.29, 1.82) is 0 Å². The predicted molar refractivity (Wildman–Crippen MR) is 128 cm³/mol. The summed E-state index contributed by atoms with van der Waals surface area (Å²) in [4.78, 5) is 22.1. The molecule has 0 bridgehead atoms. The number of hydrogen-bond donors (Lipinski definition) is 1. The summed E-state index contributed by atoms with van der Waals surface area (Å²) in [5.74, 6) is -0.125. The van der Waals surface area contributed by atoms with Crippen LogP contribution in [0.1, 0.15) is 18.9 Å². The molecule has 0 fully saturated rings. The number of anilines is 1. The topological polar surface area (TPSA) is 54.4 Å². The first-order valence-electron chi connectivity index (χ1n) is 9.14. The fourth-order valence-corrected chi connectivity index (χ4v) is 4.02. The first-order valence-corrected chi connectivity index (χ1v) is 11.2. The Morgan fingerprint density at radius 3 is 2.60 bits per heavy atom. The number of benzene rings is 2. The van der Waals surface area contributed by atoms with Gasteiger partial charge in [-0.25, -0.2) is 4.98 Å². The van der Waals surface area contributed by atoms with Gasteiger partial charge in [0.1, 0.15) is 5.15 Å². The third-order valence-corrected chi connectivity index (χ3v) is 6.64. The Hall–Kier alpha value is -2.05. The predicted octanol–water partition coefficient (Wildman–Crippen LogP) is 7.30. The van der Waals surface area contributed by atoms with E-state index in [2.05, 4.69) is 15.3 Å². The molecule has 0 aliphatic rings. The van der Waals surface area contributed by atoms with E-state index >= 15 is 0 Å². The van der Waals surface area contributed by atoms with Crippen molar-refractivity contribution in [3.63, 3.8) is 0 Å². The van der Waals surface area contributed by atoms with Gasteiger partial charge >= 0.3 is 0 Å². The fourth-order valence-electron chi connectivity index (χ4n) is 2.55. The van der Waals surface area contributed by atoms with Gasteiger partial charge in [-0.05, 0) is 55.0 Å². The molecule has 0 aliphatic heterocycles. The molecule has 0 radical (unpaired) electrons. The number of nitrogens with one attached hydrogen (secondary N) is 1. The van der Waals surface area contributed by atoms with E-state index in [1.54, 1.807) is 36.7 Å². The van der Waals surface area contributed by atoms with Gasteiger partial charge in [-0.2, -0.15) is 0 Å². The average Bonchev–Trinajstić information content (AvgIpc) is 2.75. The molecule has 0 saturated heterocycles. The Bertz CT molecular complexity index is 1060. The van der Waals surface area contributed by atoms with E-state index in [-0.39, 0.29) is 11.2 Å². The SMILES string of the molecule is CCC(Sc1ccc(N=Cc2cccnc2Cl)cc1)C(=O)Nc1cccc(Cl)c1Cl. The quantitative estimate of drug-likeness (QED) is 0.220. The Kier molecular flexibility index (Phi) is 8.16. The van der Waals surface area contributed by atoms with Gasteiger partial charge in [0, 0.05) is 22.9 Å². The largest absolute Gasteiger partial charge is 0.324 e. The van der Waals surface area contributed by atoms with Gasteiger partial charge in [0.05, 0.1) is 26.7 Å². The molecule has 1 amide bonds. The fraction of sp³-hybridized carbons (Fsp3) is 0.136. The number of aliphatic imine (C=N–C) groups is 1. The zero-order chi connectivity index (χ0) is 21.5. The average molecular weight is 479 g/mol. The van der Waals surface area contributed by atoms with Crippen LogP contribution >= 0.6 is 46.6 Å². The Labute approximate surface area is 194 Å². The van der Waals surface area contributed by atoms with Gasteiger partial charge in [0.15, 0.2) is 0 Å². The van der Waals surface area contributed by atoms with Gasteiger partial charge in [-0.1, -0.05) is 47.8 Å². The lowest BCUT2D eigenvalue weighted by molar-refractivity contribution is -0.115. The van der Waals surface area contributed by atoms with E-state index in [1.165, 1.54) is 11.8 Å². The van der Waals surface area contributed by atoms with E-state index in [0.717, 1.165) is 16.1 Å². The zero-order valence-electron chi connectivity index (χ0n) is 16.0. The molecule has 4 nitrogen and oxygen atoms in total. The summed E-state index contributed by atoms with van der Waals surface area (Å²) in [5.41, 5.74) is 2.04. The number of carbonyl (C=O) groups is 1. The lowest BCUT2D eigenvalue weighted by atomic mass is 10.2. The Balaban J connectivity index is 1.65. The van der Waals surface area contributed by atoms with Gasteiger partial charge in [0.2, 0.25) is 5.91 Å². The number of amides is 1. The molecule has 3 rings (SSSR count). The van der Waals surface area contributed by atoms with E-state index in [4.69, 9.17) is 34.8 Å². The lowest BCUT2D eigenvalue weighted by Crippen LogP contribution is -2.24. The summed E-state index contributed by atoms with van der Waals surface area (Å²) in [6.45, 7) is 1.97. The van der Waals surface area contributed by atoms with E-state index in [0.29, 0.717) is 27.3 Å². The van der Waals surface area contributed by atoms with Crippen molar-refractivity contribution in [2.24, 2.45) is 4.99 Å². The number of nitrogens with zero attached hydrogens (tertiary/aromatic N) is 2. The highest BCUT2D eigenvalue weighted by Gasteiger charge is 2.19. The van der Waals surface area contributed by atoms with Gasteiger partial charge in [-0.15, -0.1) is 11.8 Å². The van der Waals surface area contributed by atoms with Crippen molar-refractivity contribution in [1.82, 2.24) is 4.98 Å². The maximum Gasteiger partial charge on any atom is 0.237 e. The van der Waals surface area contributed by atoms with Crippen molar-refractivity contribution in [2.45, 2.75) is 23.5 Å². The van der Waals surface area contributed by atoms with Crippen LogP contribution in [-0.2, 0) is 4.79 Å². The summed E-state index contributed by atoms with van der Waals surface area (Å²) in [6.07, 6.45) is 3.97. The summed E-state index contributed by atoms with van der Waals surface area (Å²) in [7, 11) is 0. The minimum atomic E-state index is -0.274. The number of hydrogen-bond acceptors (Lipinski definition) is 4. The van der Waals surface area contributed by atoms with Crippen LogP contribution in [0.3, 0.4) is 0 Å². The standard InChI is InChI=1S/C22H18Cl3N3OS/c1-2-19(22(29)28-18-7-3-6-17(23)20(18)24)30-16-10-8-15(9-11-16)27-13-14-5-4-12-26-21(14)25/h3-13,19H,2H2,1H3,(H,28,29). The molecule has 3 aromatic rings. The first-order chi connectivity index (χ1) is 14.5. The second kappa shape index (κ2) is 10.8. The second-order valence-electron chi connectivity index (χ2n) is 6.24. The Morgan fingerprint density at radius 2 is 1.90 bits per heavy atom. The molecule has 30 heavy (non-hydrogen) atoms. The van der Waals surface area contributed by atoms with Crippen LogP contribution in [0.15, 0.2) is 70.7 Å². The summed E-state index contributed by atoms with van der Waals surface area (Å²) in [5, 5.41) is 3.73.